The largest absolute Gasteiger partial charge is 0.350 e. The van der Waals surface area contributed by atoms with Crippen molar-refractivity contribution in [2.75, 3.05) is 6.54 Å². The van der Waals surface area contributed by atoms with Gasteiger partial charge in [-0.15, -0.1) is 0 Å². The molecule has 0 bridgehead atoms. The monoisotopic (exact) mass is 264 g/mol. The average Bonchev–Trinajstić information content (AvgIpc) is 2.83. The van der Waals surface area contributed by atoms with Gasteiger partial charge >= 0.3 is 0 Å². The second-order valence-corrected chi connectivity index (χ2v) is 4.68. The number of benzene rings is 1. The fourth-order valence-corrected chi connectivity index (χ4v) is 2.19. The number of halogens is 1. The van der Waals surface area contributed by atoms with Crippen LogP contribution in [0.4, 0.5) is 4.39 Å². The van der Waals surface area contributed by atoms with Gasteiger partial charge in [-0.2, -0.15) is 0 Å². The highest BCUT2D eigenvalue weighted by molar-refractivity contribution is 5.88. The molecular formula is C14H17FN2O2. The van der Waals surface area contributed by atoms with E-state index in [0.717, 1.165) is 6.42 Å². The summed E-state index contributed by atoms with van der Waals surface area (Å²) < 4.78 is 13.4. The van der Waals surface area contributed by atoms with Crippen molar-refractivity contribution >= 4 is 11.8 Å². The van der Waals surface area contributed by atoms with E-state index in [4.69, 9.17) is 0 Å². The molecule has 0 aromatic heterocycles. The van der Waals surface area contributed by atoms with E-state index < -0.39 is 6.04 Å². The molecule has 2 amide bonds. The Hall–Kier alpha value is -1.91. The normalized spacial score (nSPS) is 16.5. The molecule has 1 atom stereocenters. The molecule has 1 saturated heterocycles. The standard InChI is InChI=1S/C14H17FN2O2/c1-10(17-8-4-7-13(17)18)14(19)16-9-11-5-2-3-6-12(11)15/h2-3,5-6,10H,4,7-9H2,1H3,(H,16,19)/t10-/m1/s1. The third kappa shape index (κ3) is 3.10. The number of rotatable bonds is 4. The zero-order valence-corrected chi connectivity index (χ0v) is 10.9. The van der Waals surface area contributed by atoms with E-state index in [1.807, 2.05) is 0 Å². The van der Waals surface area contributed by atoms with Crippen LogP contribution in [0.1, 0.15) is 25.3 Å². The SMILES string of the molecule is C[C@H](C(=O)NCc1ccccc1F)N1CCCC1=O. The Morgan fingerprint density at radius 3 is 2.84 bits per heavy atom. The molecule has 1 aromatic carbocycles. The maximum atomic E-state index is 13.4. The lowest BCUT2D eigenvalue weighted by atomic mass is 10.2. The zero-order valence-electron chi connectivity index (χ0n) is 10.9. The zero-order chi connectivity index (χ0) is 13.8. The van der Waals surface area contributed by atoms with Gasteiger partial charge in [0, 0.05) is 25.1 Å². The minimum atomic E-state index is -0.498. The highest BCUT2D eigenvalue weighted by Gasteiger charge is 2.29. The lowest BCUT2D eigenvalue weighted by Gasteiger charge is -2.23. The highest BCUT2D eigenvalue weighted by atomic mass is 19.1. The van der Waals surface area contributed by atoms with Crippen LogP contribution in [-0.4, -0.2) is 29.3 Å². The molecule has 1 heterocycles. The molecule has 1 aliphatic heterocycles. The molecule has 1 aliphatic rings. The van der Waals surface area contributed by atoms with Crippen molar-refractivity contribution in [2.45, 2.75) is 32.4 Å². The van der Waals surface area contributed by atoms with Gasteiger partial charge in [0.2, 0.25) is 11.8 Å². The van der Waals surface area contributed by atoms with Gasteiger partial charge in [0.25, 0.3) is 0 Å². The van der Waals surface area contributed by atoms with Crippen LogP contribution in [0.15, 0.2) is 24.3 Å². The van der Waals surface area contributed by atoms with Crippen molar-refractivity contribution in [3.63, 3.8) is 0 Å². The molecule has 1 N–H and O–H groups in total. The van der Waals surface area contributed by atoms with Crippen molar-refractivity contribution in [2.24, 2.45) is 0 Å². The minimum Gasteiger partial charge on any atom is -0.350 e. The van der Waals surface area contributed by atoms with Gasteiger partial charge in [0.15, 0.2) is 0 Å². The molecule has 4 nitrogen and oxygen atoms in total. The third-order valence-corrected chi connectivity index (χ3v) is 3.37. The van der Waals surface area contributed by atoms with Crippen molar-refractivity contribution in [3.05, 3.63) is 35.6 Å². The molecular weight excluding hydrogens is 247 g/mol. The fourth-order valence-electron chi connectivity index (χ4n) is 2.19. The Morgan fingerprint density at radius 2 is 2.21 bits per heavy atom. The summed E-state index contributed by atoms with van der Waals surface area (Å²) in [5.74, 6) is -0.584. The molecule has 0 radical (unpaired) electrons. The Bertz CT molecular complexity index is 490. The molecule has 0 spiro atoms. The quantitative estimate of drug-likeness (QED) is 0.895. The first-order chi connectivity index (χ1) is 9.09. The van der Waals surface area contributed by atoms with Gasteiger partial charge < -0.3 is 10.2 Å². The molecule has 5 heteroatoms. The summed E-state index contributed by atoms with van der Waals surface area (Å²) in [5, 5.41) is 2.66. The van der Waals surface area contributed by atoms with Gasteiger partial charge in [-0.1, -0.05) is 18.2 Å². The first-order valence-electron chi connectivity index (χ1n) is 6.40. The van der Waals surface area contributed by atoms with Crippen LogP contribution < -0.4 is 5.32 Å². The van der Waals surface area contributed by atoms with Crippen molar-refractivity contribution in [1.29, 1.82) is 0 Å². The van der Waals surface area contributed by atoms with Crippen molar-refractivity contribution < 1.29 is 14.0 Å². The molecule has 0 aliphatic carbocycles. The van der Waals surface area contributed by atoms with E-state index in [0.29, 0.717) is 18.5 Å². The molecule has 1 fully saturated rings. The molecule has 0 saturated carbocycles. The van der Waals surface area contributed by atoms with Crippen LogP contribution in [0.3, 0.4) is 0 Å². The fraction of sp³-hybridized carbons (Fsp3) is 0.429. The summed E-state index contributed by atoms with van der Waals surface area (Å²) >= 11 is 0. The van der Waals surface area contributed by atoms with E-state index in [2.05, 4.69) is 5.32 Å². The second kappa shape index (κ2) is 5.82. The average molecular weight is 264 g/mol. The van der Waals surface area contributed by atoms with Gasteiger partial charge in [-0.3, -0.25) is 9.59 Å². The van der Waals surface area contributed by atoms with Crippen molar-refractivity contribution in [3.8, 4) is 0 Å². The lowest BCUT2D eigenvalue weighted by Crippen LogP contribution is -2.45. The maximum absolute atomic E-state index is 13.4. The summed E-state index contributed by atoms with van der Waals surface area (Å²) in [7, 11) is 0. The summed E-state index contributed by atoms with van der Waals surface area (Å²) in [6.45, 7) is 2.45. The van der Waals surface area contributed by atoms with Crippen LogP contribution in [-0.2, 0) is 16.1 Å². The third-order valence-electron chi connectivity index (χ3n) is 3.37. The number of nitrogens with zero attached hydrogens (tertiary/aromatic N) is 1. The maximum Gasteiger partial charge on any atom is 0.242 e. The van der Waals surface area contributed by atoms with E-state index in [1.54, 1.807) is 30.0 Å². The van der Waals surface area contributed by atoms with Gasteiger partial charge in [-0.25, -0.2) is 4.39 Å². The van der Waals surface area contributed by atoms with Crippen LogP contribution in [0.25, 0.3) is 0 Å². The van der Waals surface area contributed by atoms with Crippen LogP contribution in [0, 0.1) is 5.82 Å². The molecule has 1 aromatic rings. The molecule has 2 rings (SSSR count). The van der Waals surface area contributed by atoms with Gasteiger partial charge in [0.1, 0.15) is 11.9 Å². The molecule has 102 valence electrons. The van der Waals surface area contributed by atoms with Crippen LogP contribution in [0.2, 0.25) is 0 Å². The molecule has 0 unspecified atom stereocenters. The number of amides is 2. The van der Waals surface area contributed by atoms with E-state index in [9.17, 15) is 14.0 Å². The summed E-state index contributed by atoms with van der Waals surface area (Å²) in [4.78, 5) is 25.0. The minimum absolute atomic E-state index is 0.00791. The lowest BCUT2D eigenvalue weighted by molar-refractivity contribution is -0.136. The second-order valence-electron chi connectivity index (χ2n) is 4.68. The first-order valence-corrected chi connectivity index (χ1v) is 6.40. The van der Waals surface area contributed by atoms with Crippen molar-refractivity contribution in [1.82, 2.24) is 10.2 Å². The van der Waals surface area contributed by atoms with E-state index >= 15 is 0 Å². The summed E-state index contributed by atoms with van der Waals surface area (Å²) in [5.41, 5.74) is 0.441. The predicted octanol–water partition coefficient (Wildman–Crippen LogP) is 1.45. The number of carbonyl (C=O) groups is 2. The van der Waals surface area contributed by atoms with Crippen LogP contribution in [0.5, 0.6) is 0 Å². The number of carbonyl (C=O) groups excluding carboxylic acids is 2. The van der Waals surface area contributed by atoms with Gasteiger partial charge in [-0.05, 0) is 19.4 Å². The Kier molecular flexibility index (Phi) is 4.14. The predicted molar refractivity (Wildman–Crippen MR) is 68.7 cm³/mol. The Balaban J connectivity index is 1.91. The smallest absolute Gasteiger partial charge is 0.242 e. The topological polar surface area (TPSA) is 49.4 Å². The summed E-state index contributed by atoms with van der Waals surface area (Å²) in [6, 6.07) is 5.81. The summed E-state index contributed by atoms with van der Waals surface area (Å²) in [6.07, 6.45) is 1.30. The highest BCUT2D eigenvalue weighted by Crippen LogP contribution is 2.13. The number of nitrogens with one attached hydrogen (secondary N) is 1. The first kappa shape index (κ1) is 13.5. The number of hydrogen-bond acceptors (Lipinski definition) is 2. The molecule has 19 heavy (non-hydrogen) atoms. The van der Waals surface area contributed by atoms with E-state index in [-0.39, 0.29) is 24.2 Å². The van der Waals surface area contributed by atoms with Gasteiger partial charge in [0.05, 0.1) is 0 Å². The Morgan fingerprint density at radius 1 is 1.47 bits per heavy atom. The van der Waals surface area contributed by atoms with Crippen LogP contribution >= 0.6 is 0 Å². The number of likely N-dealkylation sites (tertiary alicyclic amines) is 1. The number of hydrogen-bond donors (Lipinski definition) is 1. The van der Waals surface area contributed by atoms with E-state index in [1.165, 1.54) is 6.07 Å². The Labute approximate surface area is 111 Å².